The van der Waals surface area contributed by atoms with Crippen molar-refractivity contribution in [2.24, 2.45) is 18.9 Å². The number of ketones is 1. The van der Waals surface area contributed by atoms with Crippen molar-refractivity contribution in [2.45, 2.75) is 52.4 Å². The molecule has 1 aromatic rings. The second kappa shape index (κ2) is 6.21. The fraction of sp³-hybridized carbons (Fsp3) is 0.733. The Balaban J connectivity index is 1.98. The summed E-state index contributed by atoms with van der Waals surface area (Å²) in [6.45, 7) is 4.22. The molecule has 0 N–H and O–H groups in total. The predicted molar refractivity (Wildman–Crippen MR) is 80.1 cm³/mol. The van der Waals surface area contributed by atoms with Gasteiger partial charge in [0.1, 0.15) is 5.78 Å². The number of nitrogens with zero attached hydrogens (tertiary/aromatic N) is 2. The van der Waals surface area contributed by atoms with E-state index in [1.165, 1.54) is 19.3 Å². The van der Waals surface area contributed by atoms with Gasteiger partial charge in [-0.2, -0.15) is 5.10 Å². The van der Waals surface area contributed by atoms with E-state index in [1.807, 2.05) is 18.7 Å². The van der Waals surface area contributed by atoms with E-state index in [4.69, 9.17) is 0 Å². The lowest BCUT2D eigenvalue weighted by Gasteiger charge is -2.26. The second-order valence-corrected chi connectivity index (χ2v) is 6.53. The summed E-state index contributed by atoms with van der Waals surface area (Å²) in [6, 6.07) is 0. The first-order valence-electron chi connectivity index (χ1n) is 7.23. The third-order valence-electron chi connectivity index (χ3n) is 4.48. The first-order valence-corrected chi connectivity index (χ1v) is 8.02. The van der Waals surface area contributed by atoms with Crippen molar-refractivity contribution in [1.29, 1.82) is 0 Å². The molecular weight excluding hydrogens is 304 g/mol. The molecule has 106 valence electrons. The molecular formula is C15H23BrN2O. The van der Waals surface area contributed by atoms with E-state index in [0.29, 0.717) is 12.2 Å². The summed E-state index contributed by atoms with van der Waals surface area (Å²) in [7, 11) is 1.91. The van der Waals surface area contributed by atoms with Gasteiger partial charge >= 0.3 is 0 Å². The van der Waals surface area contributed by atoms with Crippen LogP contribution in [0.5, 0.6) is 0 Å². The third kappa shape index (κ3) is 3.28. The monoisotopic (exact) mass is 326 g/mol. The summed E-state index contributed by atoms with van der Waals surface area (Å²) >= 11 is 3.54. The lowest BCUT2D eigenvalue weighted by Crippen LogP contribution is -2.23. The van der Waals surface area contributed by atoms with Gasteiger partial charge in [0.25, 0.3) is 0 Å². The highest BCUT2D eigenvalue weighted by Crippen LogP contribution is 2.32. The molecule has 0 spiro atoms. The van der Waals surface area contributed by atoms with Crippen LogP contribution in [0, 0.1) is 18.8 Å². The van der Waals surface area contributed by atoms with E-state index in [-0.39, 0.29) is 5.92 Å². The summed E-state index contributed by atoms with van der Waals surface area (Å²) in [5, 5.41) is 4.35. The number of hydrogen-bond acceptors (Lipinski definition) is 2. The van der Waals surface area contributed by atoms with E-state index >= 15 is 0 Å². The topological polar surface area (TPSA) is 34.9 Å². The molecule has 0 aliphatic heterocycles. The van der Waals surface area contributed by atoms with Gasteiger partial charge in [-0.25, -0.2) is 0 Å². The molecule has 0 bridgehead atoms. The second-order valence-electron chi connectivity index (χ2n) is 5.74. The normalized spacial score (nSPS) is 23.6. The first-order chi connectivity index (χ1) is 9.02. The molecule has 2 rings (SSSR count). The molecule has 1 aliphatic carbocycles. The van der Waals surface area contributed by atoms with Crippen LogP contribution >= 0.6 is 15.9 Å². The average Bonchev–Trinajstić information content (AvgIpc) is 2.65. The maximum atomic E-state index is 12.4. The van der Waals surface area contributed by atoms with Gasteiger partial charge in [0.05, 0.1) is 15.9 Å². The molecule has 1 fully saturated rings. The molecule has 3 nitrogen and oxygen atoms in total. The largest absolute Gasteiger partial charge is 0.299 e. The van der Waals surface area contributed by atoms with Crippen molar-refractivity contribution < 1.29 is 4.79 Å². The van der Waals surface area contributed by atoms with E-state index in [9.17, 15) is 4.79 Å². The Kier molecular flexibility index (Phi) is 4.82. The van der Waals surface area contributed by atoms with Crippen LogP contribution in [-0.4, -0.2) is 15.6 Å². The summed E-state index contributed by atoms with van der Waals surface area (Å²) in [5.41, 5.74) is 1.97. The van der Waals surface area contributed by atoms with Crippen LogP contribution in [0.2, 0.25) is 0 Å². The molecule has 0 radical (unpaired) electrons. The molecule has 19 heavy (non-hydrogen) atoms. The number of rotatable bonds is 4. The minimum Gasteiger partial charge on any atom is -0.299 e. The maximum Gasteiger partial charge on any atom is 0.141 e. The van der Waals surface area contributed by atoms with E-state index < -0.39 is 0 Å². The molecule has 1 heterocycles. The summed E-state index contributed by atoms with van der Waals surface area (Å²) in [4.78, 5) is 12.4. The smallest absolute Gasteiger partial charge is 0.141 e. The molecule has 1 saturated carbocycles. The summed E-state index contributed by atoms with van der Waals surface area (Å²) in [6.07, 6.45) is 6.36. The average molecular weight is 327 g/mol. The van der Waals surface area contributed by atoms with Gasteiger partial charge in [0, 0.05) is 19.4 Å². The van der Waals surface area contributed by atoms with Gasteiger partial charge in [0.15, 0.2) is 0 Å². The van der Waals surface area contributed by atoms with E-state index in [2.05, 4.69) is 28.0 Å². The highest BCUT2D eigenvalue weighted by Gasteiger charge is 2.26. The predicted octanol–water partition coefficient (Wildman–Crippen LogP) is 3.82. The van der Waals surface area contributed by atoms with Gasteiger partial charge in [0.2, 0.25) is 0 Å². The van der Waals surface area contributed by atoms with Crippen molar-refractivity contribution in [3.05, 3.63) is 15.9 Å². The fourth-order valence-electron chi connectivity index (χ4n) is 3.07. The highest BCUT2D eigenvalue weighted by molar-refractivity contribution is 9.10. The van der Waals surface area contributed by atoms with Crippen LogP contribution in [0.25, 0.3) is 0 Å². The summed E-state index contributed by atoms with van der Waals surface area (Å²) in [5.74, 6) is 1.50. The zero-order valence-corrected chi connectivity index (χ0v) is 13.7. The van der Waals surface area contributed by atoms with Crippen LogP contribution in [0.4, 0.5) is 0 Å². The van der Waals surface area contributed by atoms with Crippen LogP contribution in [0.15, 0.2) is 4.47 Å². The van der Waals surface area contributed by atoms with Gasteiger partial charge in [-0.05, 0) is 54.5 Å². The maximum absolute atomic E-state index is 12.4. The highest BCUT2D eigenvalue weighted by atomic mass is 79.9. The summed E-state index contributed by atoms with van der Waals surface area (Å²) < 4.78 is 2.82. The van der Waals surface area contributed by atoms with Gasteiger partial charge in [-0.15, -0.1) is 0 Å². The number of hydrogen-bond donors (Lipinski definition) is 0. The Morgan fingerprint density at radius 3 is 2.47 bits per heavy atom. The Morgan fingerprint density at radius 2 is 2.00 bits per heavy atom. The number of carbonyl (C=O) groups is 1. The zero-order chi connectivity index (χ0) is 14.0. The molecule has 1 aliphatic rings. The van der Waals surface area contributed by atoms with Crippen molar-refractivity contribution >= 4 is 21.7 Å². The Hall–Kier alpha value is -0.640. The van der Waals surface area contributed by atoms with Crippen LogP contribution in [0.3, 0.4) is 0 Å². The standard InChI is InChI=1S/C15H23BrN2O/c1-4-11-5-7-12(8-6-11)14(19)9-13-15(16)10(2)17-18(13)3/h11-12H,4-9H2,1-3H3. The van der Waals surface area contributed by atoms with E-state index in [0.717, 1.165) is 34.6 Å². The number of aryl methyl sites for hydroxylation is 2. The van der Waals surface area contributed by atoms with Crippen LogP contribution in [0.1, 0.15) is 50.4 Å². The minimum absolute atomic E-state index is 0.268. The number of halogens is 1. The van der Waals surface area contributed by atoms with Crippen molar-refractivity contribution in [3.63, 3.8) is 0 Å². The molecule has 0 unspecified atom stereocenters. The number of aromatic nitrogens is 2. The quantitative estimate of drug-likeness (QED) is 0.843. The van der Waals surface area contributed by atoms with Crippen LogP contribution < -0.4 is 0 Å². The molecule has 0 amide bonds. The zero-order valence-electron chi connectivity index (χ0n) is 12.1. The van der Waals surface area contributed by atoms with E-state index in [1.54, 1.807) is 0 Å². The van der Waals surface area contributed by atoms with Crippen LogP contribution in [-0.2, 0) is 18.3 Å². The van der Waals surface area contributed by atoms with Crippen molar-refractivity contribution in [2.75, 3.05) is 0 Å². The number of carbonyl (C=O) groups excluding carboxylic acids is 1. The lowest BCUT2D eigenvalue weighted by molar-refractivity contribution is -0.123. The molecule has 0 aromatic carbocycles. The molecule has 0 saturated heterocycles. The van der Waals surface area contributed by atoms with Crippen molar-refractivity contribution in [3.8, 4) is 0 Å². The molecule has 1 aromatic heterocycles. The number of Topliss-reactive ketones (excluding diaryl/α,β-unsaturated/α-hetero) is 1. The fourth-order valence-corrected chi connectivity index (χ4v) is 3.55. The Labute approximate surface area is 123 Å². The Morgan fingerprint density at radius 1 is 1.37 bits per heavy atom. The lowest BCUT2D eigenvalue weighted by atomic mass is 9.78. The SMILES string of the molecule is CCC1CCC(C(=O)Cc2c(Br)c(C)nn2C)CC1. The van der Waals surface area contributed by atoms with Gasteiger partial charge in [-0.3, -0.25) is 9.48 Å². The van der Waals surface area contributed by atoms with Gasteiger partial charge < -0.3 is 0 Å². The Bertz CT molecular complexity index is 459. The molecule has 0 atom stereocenters. The third-order valence-corrected chi connectivity index (χ3v) is 5.51. The molecule has 4 heteroatoms. The first kappa shape index (κ1) is 14.8. The van der Waals surface area contributed by atoms with Crippen molar-refractivity contribution in [1.82, 2.24) is 9.78 Å². The minimum atomic E-state index is 0.268. The van der Waals surface area contributed by atoms with Gasteiger partial charge in [-0.1, -0.05) is 13.3 Å².